The highest BCUT2D eigenvalue weighted by Crippen LogP contribution is 2.43. The van der Waals surface area contributed by atoms with Gasteiger partial charge in [0.2, 0.25) is 10.0 Å². The molecule has 176 valence electrons. The summed E-state index contributed by atoms with van der Waals surface area (Å²) < 4.78 is 33.6. The van der Waals surface area contributed by atoms with Gasteiger partial charge in [0.05, 0.1) is 10.9 Å². The molecule has 0 spiro atoms. The number of rotatable bonds is 5. The zero-order valence-corrected chi connectivity index (χ0v) is 20.9. The third-order valence-corrected chi connectivity index (χ3v) is 8.62. The summed E-state index contributed by atoms with van der Waals surface area (Å²) in [7, 11) is -0.378. The molecule has 1 saturated heterocycles. The molecular formula is C24H34ClN3O3S. The summed E-state index contributed by atoms with van der Waals surface area (Å²) >= 11 is 0. The fraction of sp³-hybridized carbons (Fsp3) is 0.500. The molecule has 4 rings (SSSR count). The Morgan fingerprint density at radius 1 is 1.22 bits per heavy atom. The van der Waals surface area contributed by atoms with E-state index in [9.17, 15) is 8.42 Å². The maximum Gasteiger partial charge on any atom is 0.242 e. The molecule has 1 unspecified atom stereocenters. The summed E-state index contributed by atoms with van der Waals surface area (Å²) in [5, 5.41) is 1.94. The fourth-order valence-electron chi connectivity index (χ4n) is 5.10. The Labute approximate surface area is 198 Å². The number of nitrogens with two attached hydrogens (primary N) is 1. The molecule has 0 saturated carbocycles. The summed E-state index contributed by atoms with van der Waals surface area (Å²) in [6.45, 7) is 4.80. The van der Waals surface area contributed by atoms with Gasteiger partial charge in [0.25, 0.3) is 0 Å². The zero-order chi connectivity index (χ0) is 22.3. The minimum atomic E-state index is -3.54. The second-order valence-corrected chi connectivity index (χ2v) is 11.2. The Kier molecular flexibility index (Phi) is 7.57. The molecule has 6 nitrogen and oxygen atoms in total. The maximum atomic E-state index is 13.1. The summed E-state index contributed by atoms with van der Waals surface area (Å²) in [6, 6.07) is 12.3. The molecule has 1 fully saturated rings. The minimum absolute atomic E-state index is 0. The van der Waals surface area contributed by atoms with E-state index >= 15 is 0 Å². The van der Waals surface area contributed by atoms with Crippen LogP contribution in [0.25, 0.3) is 0 Å². The van der Waals surface area contributed by atoms with Gasteiger partial charge < -0.3 is 4.74 Å². The highest BCUT2D eigenvalue weighted by Gasteiger charge is 2.35. The van der Waals surface area contributed by atoms with Crippen LogP contribution in [0, 0.1) is 12.8 Å². The Hall–Kier alpha value is -1.64. The van der Waals surface area contributed by atoms with E-state index in [4.69, 9.17) is 10.6 Å². The maximum absolute atomic E-state index is 13.1. The molecular weight excluding hydrogens is 446 g/mol. The lowest BCUT2D eigenvalue weighted by molar-refractivity contribution is 0.0920. The smallest absolute Gasteiger partial charge is 0.242 e. The first-order chi connectivity index (χ1) is 14.7. The van der Waals surface area contributed by atoms with Crippen LogP contribution in [-0.4, -0.2) is 44.5 Å². The van der Waals surface area contributed by atoms with Crippen LogP contribution in [0.5, 0.6) is 5.75 Å². The minimum Gasteiger partial charge on any atom is -0.490 e. The molecule has 2 aliphatic rings. The normalized spacial score (nSPS) is 23.5. The Bertz CT molecular complexity index is 1060. The molecule has 0 radical (unpaired) electrons. The van der Waals surface area contributed by atoms with E-state index in [-0.39, 0.29) is 30.5 Å². The van der Waals surface area contributed by atoms with Crippen LogP contribution in [0.1, 0.15) is 48.1 Å². The molecule has 32 heavy (non-hydrogen) atoms. The topological polar surface area (TPSA) is 75.9 Å². The lowest BCUT2D eigenvalue weighted by Gasteiger charge is -2.39. The fourth-order valence-corrected chi connectivity index (χ4v) is 6.29. The molecule has 0 aliphatic carbocycles. The van der Waals surface area contributed by atoms with Crippen molar-refractivity contribution in [3.05, 3.63) is 58.7 Å². The Morgan fingerprint density at radius 3 is 2.56 bits per heavy atom. The Morgan fingerprint density at radius 2 is 1.91 bits per heavy atom. The van der Waals surface area contributed by atoms with Gasteiger partial charge in [-0.25, -0.2) is 17.7 Å². The third kappa shape index (κ3) is 4.54. The number of fused-ring (bicyclic) bond motifs is 1. The molecule has 2 N–H and O–H groups in total. The lowest BCUT2D eigenvalue weighted by Crippen LogP contribution is -2.44. The van der Waals surface area contributed by atoms with Gasteiger partial charge >= 0.3 is 0 Å². The predicted molar refractivity (Wildman–Crippen MR) is 130 cm³/mol. The molecule has 2 aliphatic heterocycles. The summed E-state index contributed by atoms with van der Waals surface area (Å²) in [5.41, 5.74) is 4.02. The van der Waals surface area contributed by atoms with Crippen molar-refractivity contribution in [3.63, 3.8) is 0 Å². The van der Waals surface area contributed by atoms with Crippen molar-refractivity contribution >= 4 is 22.4 Å². The lowest BCUT2D eigenvalue weighted by atomic mass is 9.81. The van der Waals surface area contributed by atoms with Gasteiger partial charge in [0, 0.05) is 32.6 Å². The second kappa shape index (κ2) is 9.69. The van der Waals surface area contributed by atoms with Gasteiger partial charge in [-0.05, 0) is 61.8 Å². The van der Waals surface area contributed by atoms with Crippen LogP contribution < -0.4 is 10.6 Å². The number of halogens is 1. The van der Waals surface area contributed by atoms with Gasteiger partial charge in [0.1, 0.15) is 11.9 Å². The third-order valence-electron chi connectivity index (χ3n) is 6.68. The number of piperidine rings is 1. The molecule has 8 heteroatoms. The van der Waals surface area contributed by atoms with Crippen LogP contribution >= 0.6 is 12.4 Å². The van der Waals surface area contributed by atoms with E-state index in [2.05, 4.69) is 12.1 Å². The molecule has 3 atom stereocenters. The quantitative estimate of drug-likeness (QED) is 0.659. The van der Waals surface area contributed by atoms with E-state index in [0.29, 0.717) is 4.90 Å². The van der Waals surface area contributed by atoms with Crippen molar-refractivity contribution in [2.75, 3.05) is 20.6 Å². The number of sulfonamides is 1. The molecule has 0 aromatic heterocycles. The summed E-state index contributed by atoms with van der Waals surface area (Å²) in [4.78, 5) is 0.389. The number of ether oxygens (including phenoxy) is 1. The molecule has 2 aromatic rings. The van der Waals surface area contributed by atoms with Crippen LogP contribution in [0.2, 0.25) is 0 Å². The predicted octanol–water partition coefficient (Wildman–Crippen LogP) is 3.86. The van der Waals surface area contributed by atoms with Crippen molar-refractivity contribution in [1.29, 1.82) is 0 Å². The van der Waals surface area contributed by atoms with Crippen molar-refractivity contribution in [1.82, 2.24) is 9.31 Å². The highest BCUT2D eigenvalue weighted by atomic mass is 35.5. The van der Waals surface area contributed by atoms with E-state index in [1.807, 2.05) is 43.1 Å². The molecule has 2 aromatic carbocycles. The van der Waals surface area contributed by atoms with Crippen molar-refractivity contribution < 1.29 is 13.2 Å². The number of hydrazine groups is 1. The number of nitrogens with zero attached hydrogens (tertiary/aromatic N) is 2. The van der Waals surface area contributed by atoms with Gasteiger partial charge in [0.15, 0.2) is 0 Å². The standard InChI is InChI=1S/C24H33N3O3S.ClH/c1-16-13-21-17(2)22(31(28,29)26(3)4)15-20(24(21)30-16)14-19-11-8-12-27(25)23(19)18-9-6-5-7-10-18;/h5-7,9-10,15-16,19,23H,8,11-14,25H2,1-4H3;1H/t16?,19-,23+;/m0./s1. The van der Waals surface area contributed by atoms with Crippen molar-refractivity contribution in [2.45, 2.75) is 56.6 Å². The molecule has 0 amide bonds. The van der Waals surface area contributed by atoms with Crippen LogP contribution in [0.4, 0.5) is 0 Å². The van der Waals surface area contributed by atoms with E-state index < -0.39 is 10.0 Å². The van der Waals surface area contributed by atoms with Gasteiger partial charge in [-0.2, -0.15) is 0 Å². The number of hydrogen-bond donors (Lipinski definition) is 1. The first kappa shape index (κ1) is 25.0. The number of benzene rings is 2. The molecule has 2 heterocycles. The number of hydrogen-bond acceptors (Lipinski definition) is 5. The van der Waals surface area contributed by atoms with E-state index in [0.717, 1.165) is 54.7 Å². The van der Waals surface area contributed by atoms with Gasteiger partial charge in [-0.3, -0.25) is 5.84 Å². The van der Waals surface area contributed by atoms with Crippen molar-refractivity contribution in [2.24, 2.45) is 11.8 Å². The van der Waals surface area contributed by atoms with Crippen molar-refractivity contribution in [3.8, 4) is 5.75 Å². The van der Waals surface area contributed by atoms with Gasteiger partial charge in [-0.1, -0.05) is 30.3 Å². The average molecular weight is 480 g/mol. The van der Waals surface area contributed by atoms with Crippen LogP contribution in [0.3, 0.4) is 0 Å². The largest absolute Gasteiger partial charge is 0.490 e. The Balaban J connectivity index is 0.00000289. The second-order valence-electron chi connectivity index (χ2n) is 9.09. The van der Waals surface area contributed by atoms with Crippen LogP contribution in [-0.2, 0) is 22.9 Å². The van der Waals surface area contributed by atoms with Crippen LogP contribution in [0.15, 0.2) is 41.3 Å². The molecule has 0 bridgehead atoms. The first-order valence-corrected chi connectivity index (χ1v) is 12.4. The van der Waals surface area contributed by atoms with E-state index in [1.54, 1.807) is 14.1 Å². The monoisotopic (exact) mass is 479 g/mol. The average Bonchev–Trinajstić information content (AvgIpc) is 3.13. The van der Waals surface area contributed by atoms with E-state index in [1.165, 1.54) is 9.87 Å². The summed E-state index contributed by atoms with van der Waals surface area (Å²) in [6.07, 6.45) is 3.59. The summed E-state index contributed by atoms with van der Waals surface area (Å²) in [5.74, 6) is 7.61. The van der Waals surface area contributed by atoms with Gasteiger partial charge in [-0.15, -0.1) is 12.4 Å². The first-order valence-electron chi connectivity index (χ1n) is 11.0. The zero-order valence-electron chi connectivity index (χ0n) is 19.2. The SMILES string of the molecule is Cc1c(S(=O)(=O)N(C)C)cc(C[C@@H]2CCCN(N)[C@@H]2c2ccccc2)c2c1CC(C)O2.Cl. The highest BCUT2D eigenvalue weighted by molar-refractivity contribution is 7.89.